The van der Waals surface area contributed by atoms with Gasteiger partial charge < -0.3 is 24.6 Å². The van der Waals surface area contributed by atoms with Crippen molar-refractivity contribution < 1.29 is 28.9 Å². The first kappa shape index (κ1) is 18.2. The average Bonchev–Trinajstić information content (AvgIpc) is 2.59. The van der Waals surface area contributed by atoms with E-state index >= 15 is 0 Å². The number of rotatable bonds is 9. The molecule has 7 heteroatoms. The van der Waals surface area contributed by atoms with Crippen LogP contribution < -0.4 is 10.1 Å². The van der Waals surface area contributed by atoms with Gasteiger partial charge in [0.15, 0.2) is 6.61 Å². The Bertz CT molecular complexity index is 542. The van der Waals surface area contributed by atoms with Crippen LogP contribution >= 0.6 is 0 Å². The van der Waals surface area contributed by atoms with Gasteiger partial charge in [-0.1, -0.05) is 12.1 Å². The van der Waals surface area contributed by atoms with E-state index in [0.29, 0.717) is 25.3 Å². The highest BCUT2D eigenvalue weighted by Gasteiger charge is 2.14. The van der Waals surface area contributed by atoms with Crippen LogP contribution in [-0.4, -0.2) is 49.5 Å². The van der Waals surface area contributed by atoms with E-state index in [4.69, 9.17) is 19.3 Å². The van der Waals surface area contributed by atoms with Crippen LogP contribution in [0.5, 0.6) is 5.75 Å². The van der Waals surface area contributed by atoms with E-state index in [1.165, 1.54) is 0 Å². The summed E-state index contributed by atoms with van der Waals surface area (Å²) >= 11 is 0. The molecule has 1 amide bonds. The third-order valence-electron chi connectivity index (χ3n) is 3.60. The molecular formula is C17H23NO6. The van der Waals surface area contributed by atoms with Crippen molar-refractivity contribution in [2.24, 2.45) is 0 Å². The molecule has 1 fully saturated rings. The monoisotopic (exact) mass is 337 g/mol. The molecule has 0 spiro atoms. The van der Waals surface area contributed by atoms with Gasteiger partial charge in [-0.25, -0.2) is 4.79 Å². The number of amides is 1. The van der Waals surface area contributed by atoms with E-state index in [-0.39, 0.29) is 18.6 Å². The van der Waals surface area contributed by atoms with Crippen LogP contribution in [0.1, 0.15) is 24.8 Å². The van der Waals surface area contributed by atoms with Crippen molar-refractivity contribution in [2.45, 2.75) is 31.9 Å². The van der Waals surface area contributed by atoms with Gasteiger partial charge in [-0.15, -0.1) is 0 Å². The van der Waals surface area contributed by atoms with Gasteiger partial charge in [0.1, 0.15) is 5.75 Å². The normalized spacial score (nSPS) is 15.0. The molecule has 1 aliphatic rings. The Labute approximate surface area is 140 Å². The molecule has 24 heavy (non-hydrogen) atoms. The number of carbonyl (C=O) groups excluding carboxylic acids is 1. The second-order valence-corrected chi connectivity index (χ2v) is 5.54. The SMILES string of the molecule is O=C(O)COc1cccc(CNC(=O)CCOC2CCOCC2)c1. The van der Waals surface area contributed by atoms with Gasteiger partial charge in [0, 0.05) is 26.2 Å². The third-order valence-corrected chi connectivity index (χ3v) is 3.60. The lowest BCUT2D eigenvalue weighted by molar-refractivity contribution is -0.139. The first-order valence-electron chi connectivity index (χ1n) is 8.03. The number of hydrogen-bond donors (Lipinski definition) is 2. The van der Waals surface area contributed by atoms with Crippen LogP contribution in [-0.2, 0) is 25.6 Å². The minimum atomic E-state index is -1.03. The molecule has 132 valence electrons. The number of carboxylic acids is 1. The predicted molar refractivity (Wildman–Crippen MR) is 85.8 cm³/mol. The van der Waals surface area contributed by atoms with Crippen LogP contribution in [0, 0.1) is 0 Å². The molecule has 7 nitrogen and oxygen atoms in total. The second kappa shape index (κ2) is 9.89. The van der Waals surface area contributed by atoms with Crippen molar-refractivity contribution in [3.05, 3.63) is 29.8 Å². The van der Waals surface area contributed by atoms with Gasteiger partial charge in [0.2, 0.25) is 5.91 Å². The Morgan fingerprint density at radius 3 is 2.83 bits per heavy atom. The fourth-order valence-corrected chi connectivity index (χ4v) is 2.34. The third kappa shape index (κ3) is 6.97. The molecule has 0 atom stereocenters. The summed E-state index contributed by atoms with van der Waals surface area (Å²) in [5.41, 5.74) is 0.844. The molecule has 0 unspecified atom stereocenters. The highest BCUT2D eigenvalue weighted by Crippen LogP contribution is 2.13. The molecule has 1 saturated heterocycles. The number of nitrogens with one attached hydrogen (secondary N) is 1. The van der Waals surface area contributed by atoms with Gasteiger partial charge in [-0.3, -0.25) is 4.79 Å². The Hall–Kier alpha value is -2.12. The Morgan fingerprint density at radius 1 is 1.29 bits per heavy atom. The van der Waals surface area contributed by atoms with Crippen molar-refractivity contribution in [3.8, 4) is 5.75 Å². The molecule has 0 aromatic heterocycles. The molecule has 1 aromatic rings. The lowest BCUT2D eigenvalue weighted by atomic mass is 10.1. The number of ether oxygens (including phenoxy) is 3. The summed E-state index contributed by atoms with van der Waals surface area (Å²) in [4.78, 5) is 22.3. The predicted octanol–water partition coefficient (Wildman–Crippen LogP) is 1.35. The molecule has 1 aliphatic heterocycles. The second-order valence-electron chi connectivity index (χ2n) is 5.54. The average molecular weight is 337 g/mol. The quantitative estimate of drug-likeness (QED) is 0.706. The van der Waals surface area contributed by atoms with E-state index in [2.05, 4.69) is 5.32 Å². The van der Waals surface area contributed by atoms with E-state index in [1.807, 2.05) is 6.07 Å². The summed E-state index contributed by atoms with van der Waals surface area (Å²) in [6.07, 6.45) is 2.26. The minimum absolute atomic E-state index is 0.0843. The fraction of sp³-hybridized carbons (Fsp3) is 0.529. The summed E-state index contributed by atoms with van der Waals surface area (Å²) in [6, 6.07) is 6.98. The fourth-order valence-electron chi connectivity index (χ4n) is 2.34. The molecule has 1 aromatic carbocycles. The molecule has 1 heterocycles. The van der Waals surface area contributed by atoms with E-state index in [9.17, 15) is 9.59 Å². The van der Waals surface area contributed by atoms with Gasteiger partial charge in [0.25, 0.3) is 0 Å². The van der Waals surface area contributed by atoms with E-state index in [1.54, 1.807) is 18.2 Å². The van der Waals surface area contributed by atoms with Crippen molar-refractivity contribution >= 4 is 11.9 Å². The van der Waals surface area contributed by atoms with Gasteiger partial charge >= 0.3 is 5.97 Å². The topological polar surface area (TPSA) is 94.1 Å². The maximum Gasteiger partial charge on any atom is 0.341 e. The zero-order valence-electron chi connectivity index (χ0n) is 13.5. The maximum atomic E-state index is 11.8. The van der Waals surface area contributed by atoms with E-state index in [0.717, 1.165) is 31.6 Å². The van der Waals surface area contributed by atoms with Crippen LogP contribution in [0.25, 0.3) is 0 Å². The van der Waals surface area contributed by atoms with Gasteiger partial charge in [-0.2, -0.15) is 0 Å². The molecular weight excluding hydrogens is 314 g/mol. The largest absolute Gasteiger partial charge is 0.482 e. The van der Waals surface area contributed by atoms with E-state index < -0.39 is 5.97 Å². The Kier molecular flexibility index (Phi) is 7.51. The van der Waals surface area contributed by atoms with Gasteiger partial charge in [0.05, 0.1) is 12.7 Å². The van der Waals surface area contributed by atoms with Crippen LogP contribution in [0.3, 0.4) is 0 Å². The van der Waals surface area contributed by atoms with Crippen LogP contribution in [0.4, 0.5) is 0 Å². The van der Waals surface area contributed by atoms with Crippen LogP contribution in [0.15, 0.2) is 24.3 Å². The van der Waals surface area contributed by atoms with Gasteiger partial charge in [-0.05, 0) is 30.5 Å². The Balaban J connectivity index is 1.65. The summed E-state index contributed by atoms with van der Waals surface area (Å²) in [7, 11) is 0. The zero-order valence-corrected chi connectivity index (χ0v) is 13.5. The number of carbonyl (C=O) groups is 2. The number of benzene rings is 1. The maximum absolute atomic E-state index is 11.8. The van der Waals surface area contributed by atoms with Crippen molar-refractivity contribution in [1.29, 1.82) is 0 Å². The molecule has 0 saturated carbocycles. The minimum Gasteiger partial charge on any atom is -0.482 e. The summed E-state index contributed by atoms with van der Waals surface area (Å²) in [5.74, 6) is -0.649. The summed E-state index contributed by atoms with van der Waals surface area (Å²) < 4.78 is 16.0. The number of hydrogen-bond acceptors (Lipinski definition) is 5. The smallest absolute Gasteiger partial charge is 0.341 e. The standard InChI is InChI=1S/C17H23NO6/c19-16(6-9-23-14-4-7-22-8-5-14)18-11-13-2-1-3-15(10-13)24-12-17(20)21/h1-3,10,14H,4-9,11-12H2,(H,18,19)(H,20,21). The number of aliphatic carboxylic acids is 1. The molecule has 0 aliphatic carbocycles. The van der Waals surface area contributed by atoms with Crippen molar-refractivity contribution in [3.63, 3.8) is 0 Å². The van der Waals surface area contributed by atoms with Crippen LogP contribution in [0.2, 0.25) is 0 Å². The Morgan fingerprint density at radius 2 is 2.08 bits per heavy atom. The first-order valence-corrected chi connectivity index (χ1v) is 8.03. The van der Waals surface area contributed by atoms with Crippen molar-refractivity contribution in [2.75, 3.05) is 26.4 Å². The zero-order chi connectivity index (χ0) is 17.2. The molecule has 0 radical (unpaired) electrons. The highest BCUT2D eigenvalue weighted by molar-refractivity contribution is 5.75. The molecule has 2 N–H and O–H groups in total. The van der Waals surface area contributed by atoms with Crippen molar-refractivity contribution in [1.82, 2.24) is 5.32 Å². The molecule has 0 bridgehead atoms. The highest BCUT2D eigenvalue weighted by atomic mass is 16.5. The summed E-state index contributed by atoms with van der Waals surface area (Å²) in [5, 5.41) is 11.4. The molecule has 2 rings (SSSR count). The lowest BCUT2D eigenvalue weighted by Crippen LogP contribution is -2.27. The lowest BCUT2D eigenvalue weighted by Gasteiger charge is -2.22. The number of carboxylic acid groups (broad SMARTS) is 1. The first-order chi connectivity index (χ1) is 11.6. The summed E-state index contributed by atoms with van der Waals surface area (Å²) in [6.45, 7) is 1.81.